The third kappa shape index (κ3) is 2.17. The zero-order valence-corrected chi connectivity index (χ0v) is 11.3. The van der Waals surface area contributed by atoms with Gasteiger partial charge in [-0.3, -0.25) is 4.98 Å². The van der Waals surface area contributed by atoms with Crippen LogP contribution in [0.25, 0.3) is 10.9 Å². The van der Waals surface area contributed by atoms with Crippen molar-refractivity contribution in [2.75, 3.05) is 11.9 Å². The van der Waals surface area contributed by atoms with Crippen molar-refractivity contribution in [3.05, 3.63) is 35.3 Å². The molecule has 1 aromatic carbocycles. The van der Waals surface area contributed by atoms with Gasteiger partial charge in [0.15, 0.2) is 0 Å². The lowest BCUT2D eigenvalue weighted by Crippen LogP contribution is -2.07. The van der Waals surface area contributed by atoms with E-state index in [1.165, 1.54) is 11.6 Å². The van der Waals surface area contributed by atoms with Crippen LogP contribution in [0.15, 0.2) is 18.2 Å². The highest BCUT2D eigenvalue weighted by Gasteiger charge is 2.15. The van der Waals surface area contributed by atoms with Gasteiger partial charge in [-0.1, -0.05) is 13.8 Å². The molecule has 0 amide bonds. The third-order valence-corrected chi connectivity index (χ3v) is 3.11. The van der Waals surface area contributed by atoms with Crippen LogP contribution < -0.4 is 5.32 Å². The van der Waals surface area contributed by atoms with E-state index in [4.69, 9.17) is 0 Å². The van der Waals surface area contributed by atoms with Crippen molar-refractivity contribution in [3.63, 3.8) is 0 Å². The molecule has 0 aliphatic rings. The second kappa shape index (κ2) is 4.92. The molecule has 96 valence electrons. The van der Waals surface area contributed by atoms with E-state index in [2.05, 4.69) is 24.1 Å². The second-order valence-electron chi connectivity index (χ2n) is 4.83. The van der Waals surface area contributed by atoms with E-state index >= 15 is 0 Å². The van der Waals surface area contributed by atoms with Gasteiger partial charge in [0.1, 0.15) is 5.82 Å². The van der Waals surface area contributed by atoms with Gasteiger partial charge in [-0.15, -0.1) is 0 Å². The maximum atomic E-state index is 13.4. The van der Waals surface area contributed by atoms with E-state index in [9.17, 15) is 4.39 Å². The van der Waals surface area contributed by atoms with Gasteiger partial charge in [0, 0.05) is 23.3 Å². The number of fused-ring (bicyclic) bond motifs is 1. The summed E-state index contributed by atoms with van der Waals surface area (Å²) in [6.07, 6.45) is 0. The number of nitrogens with zero attached hydrogens (tertiary/aromatic N) is 1. The summed E-state index contributed by atoms with van der Waals surface area (Å²) in [4.78, 5) is 4.57. The Bertz CT molecular complexity index is 576. The molecule has 0 aliphatic carbocycles. The number of rotatable bonds is 3. The largest absolute Gasteiger partial charge is 0.384 e. The van der Waals surface area contributed by atoms with Crippen molar-refractivity contribution in [1.82, 2.24) is 4.98 Å². The summed E-state index contributed by atoms with van der Waals surface area (Å²) in [5, 5.41) is 4.23. The average Bonchev–Trinajstić information content (AvgIpc) is 2.30. The molecule has 0 unspecified atom stereocenters. The quantitative estimate of drug-likeness (QED) is 0.876. The first-order valence-corrected chi connectivity index (χ1v) is 6.38. The first kappa shape index (κ1) is 12.8. The number of hydrogen-bond acceptors (Lipinski definition) is 2. The normalized spacial score (nSPS) is 11.2. The summed E-state index contributed by atoms with van der Waals surface area (Å²) in [5.74, 6) is 0.140. The van der Waals surface area contributed by atoms with Gasteiger partial charge in [-0.25, -0.2) is 4.39 Å². The first-order chi connectivity index (χ1) is 8.54. The number of anilines is 1. The topological polar surface area (TPSA) is 24.9 Å². The molecule has 2 aromatic rings. The van der Waals surface area contributed by atoms with E-state index in [0.29, 0.717) is 5.92 Å². The van der Waals surface area contributed by atoms with Crippen molar-refractivity contribution < 1.29 is 4.39 Å². The van der Waals surface area contributed by atoms with Crippen molar-refractivity contribution in [2.45, 2.75) is 33.6 Å². The fraction of sp³-hybridized carbons (Fsp3) is 0.400. The Balaban J connectivity index is 2.82. The smallest absolute Gasteiger partial charge is 0.124 e. The van der Waals surface area contributed by atoms with Crippen LogP contribution in [0, 0.1) is 12.7 Å². The van der Waals surface area contributed by atoms with Gasteiger partial charge in [-0.05, 0) is 43.5 Å². The molecule has 1 heterocycles. The molecular weight excluding hydrogens is 227 g/mol. The predicted molar refractivity (Wildman–Crippen MR) is 74.7 cm³/mol. The van der Waals surface area contributed by atoms with Gasteiger partial charge in [0.05, 0.1) is 5.52 Å². The zero-order chi connectivity index (χ0) is 13.3. The minimum Gasteiger partial charge on any atom is -0.384 e. The molecule has 0 fully saturated rings. The summed E-state index contributed by atoms with van der Waals surface area (Å²) in [6, 6.07) is 4.76. The fourth-order valence-electron chi connectivity index (χ4n) is 2.45. The molecule has 18 heavy (non-hydrogen) atoms. The molecular formula is C15H19FN2. The lowest BCUT2D eigenvalue weighted by molar-refractivity contribution is 0.629. The SMILES string of the molecule is CCNc1c(C(C)C)c(C)nc2ccc(F)cc12. The van der Waals surface area contributed by atoms with Crippen LogP contribution in [0.1, 0.15) is 37.9 Å². The maximum absolute atomic E-state index is 13.4. The number of aromatic nitrogens is 1. The molecule has 0 bridgehead atoms. The molecule has 0 saturated carbocycles. The molecule has 3 heteroatoms. The van der Waals surface area contributed by atoms with Crippen LogP contribution in [0.3, 0.4) is 0 Å². The van der Waals surface area contributed by atoms with E-state index in [1.54, 1.807) is 12.1 Å². The highest BCUT2D eigenvalue weighted by atomic mass is 19.1. The van der Waals surface area contributed by atoms with Crippen LogP contribution in [0.5, 0.6) is 0 Å². The van der Waals surface area contributed by atoms with Gasteiger partial charge in [0.25, 0.3) is 0 Å². The van der Waals surface area contributed by atoms with Crippen molar-refractivity contribution in [1.29, 1.82) is 0 Å². The molecule has 0 atom stereocenters. The molecule has 1 aromatic heterocycles. The number of benzene rings is 1. The Morgan fingerprint density at radius 3 is 2.67 bits per heavy atom. The molecule has 0 aliphatic heterocycles. The molecule has 0 saturated heterocycles. The number of pyridine rings is 1. The summed E-state index contributed by atoms with van der Waals surface area (Å²) in [5.41, 5.74) is 4.05. The summed E-state index contributed by atoms with van der Waals surface area (Å²) < 4.78 is 13.4. The summed E-state index contributed by atoms with van der Waals surface area (Å²) >= 11 is 0. The Morgan fingerprint density at radius 1 is 1.33 bits per heavy atom. The zero-order valence-electron chi connectivity index (χ0n) is 11.3. The van der Waals surface area contributed by atoms with Gasteiger partial charge in [0.2, 0.25) is 0 Å². The molecule has 0 radical (unpaired) electrons. The minimum atomic E-state index is -0.220. The van der Waals surface area contributed by atoms with E-state index in [1.807, 2.05) is 13.8 Å². The van der Waals surface area contributed by atoms with Crippen LogP contribution >= 0.6 is 0 Å². The molecule has 2 rings (SSSR count). The van der Waals surface area contributed by atoms with E-state index in [0.717, 1.165) is 28.8 Å². The van der Waals surface area contributed by atoms with E-state index < -0.39 is 0 Å². The summed E-state index contributed by atoms with van der Waals surface area (Å²) in [6.45, 7) is 9.14. The maximum Gasteiger partial charge on any atom is 0.124 e. The predicted octanol–water partition coefficient (Wildman–Crippen LogP) is 4.24. The lowest BCUT2D eigenvalue weighted by atomic mass is 9.96. The Hall–Kier alpha value is -1.64. The highest BCUT2D eigenvalue weighted by Crippen LogP contribution is 2.33. The Morgan fingerprint density at radius 2 is 2.06 bits per heavy atom. The standard InChI is InChI=1S/C15H19FN2/c1-5-17-15-12-8-11(16)6-7-13(12)18-10(4)14(15)9(2)3/h6-9H,5H2,1-4H3,(H,17,18). The lowest BCUT2D eigenvalue weighted by Gasteiger charge is -2.18. The molecule has 2 nitrogen and oxygen atoms in total. The van der Waals surface area contributed by atoms with Gasteiger partial charge in [-0.2, -0.15) is 0 Å². The van der Waals surface area contributed by atoms with Crippen LogP contribution in [-0.4, -0.2) is 11.5 Å². The number of aryl methyl sites for hydroxylation is 1. The molecule has 0 spiro atoms. The van der Waals surface area contributed by atoms with Crippen LogP contribution in [-0.2, 0) is 0 Å². The number of halogens is 1. The van der Waals surface area contributed by atoms with Crippen molar-refractivity contribution in [3.8, 4) is 0 Å². The van der Waals surface area contributed by atoms with Crippen LogP contribution in [0.2, 0.25) is 0 Å². The highest BCUT2D eigenvalue weighted by molar-refractivity contribution is 5.93. The van der Waals surface area contributed by atoms with Gasteiger partial charge >= 0.3 is 0 Å². The van der Waals surface area contributed by atoms with Crippen molar-refractivity contribution >= 4 is 16.6 Å². The Labute approximate surface area is 107 Å². The Kier molecular flexibility index (Phi) is 3.50. The number of nitrogens with one attached hydrogen (secondary N) is 1. The van der Waals surface area contributed by atoms with Crippen LogP contribution in [0.4, 0.5) is 10.1 Å². The minimum absolute atomic E-state index is 0.220. The average molecular weight is 246 g/mol. The fourth-order valence-corrected chi connectivity index (χ4v) is 2.45. The second-order valence-corrected chi connectivity index (χ2v) is 4.83. The van der Waals surface area contributed by atoms with E-state index in [-0.39, 0.29) is 5.82 Å². The molecule has 1 N–H and O–H groups in total. The van der Waals surface area contributed by atoms with Gasteiger partial charge < -0.3 is 5.32 Å². The number of hydrogen-bond donors (Lipinski definition) is 1. The first-order valence-electron chi connectivity index (χ1n) is 6.38. The summed E-state index contributed by atoms with van der Waals surface area (Å²) in [7, 11) is 0. The monoisotopic (exact) mass is 246 g/mol. The third-order valence-electron chi connectivity index (χ3n) is 3.11. The van der Waals surface area contributed by atoms with Crippen molar-refractivity contribution in [2.24, 2.45) is 0 Å².